The van der Waals surface area contributed by atoms with Gasteiger partial charge in [0, 0.05) is 18.9 Å². The maximum Gasteiger partial charge on any atom is 0.303 e. The molecule has 0 fully saturated rings. The Bertz CT molecular complexity index is 539. The van der Waals surface area contributed by atoms with Gasteiger partial charge in [-0.3, -0.25) is 9.59 Å². The van der Waals surface area contributed by atoms with Crippen molar-refractivity contribution in [3.63, 3.8) is 0 Å². The standard InChI is InChI=1S/C16H30BrNO3.C12H25NO2/c1-16(2,17)15(21)18-13-11-9-7-5-3-4-6-8-10-12-14(19)20;13-11-9-7-5-3-1-2-4-6-8-10-12(14)15/h3-13H2,1-2H3,(H,18,21)(H,19,20);1-11,13H2,(H,14,15). The summed E-state index contributed by atoms with van der Waals surface area (Å²) in [6, 6.07) is 0. The molecule has 0 heterocycles. The molecule has 7 nitrogen and oxygen atoms in total. The van der Waals surface area contributed by atoms with Crippen LogP contribution in [-0.4, -0.2) is 40.4 Å². The number of nitrogens with one attached hydrogen (secondary N) is 1. The normalized spacial score (nSPS) is 11.0. The van der Waals surface area contributed by atoms with Crippen LogP contribution in [0.3, 0.4) is 0 Å². The largest absolute Gasteiger partial charge is 0.550 e. The number of alkyl halides is 1. The van der Waals surface area contributed by atoms with E-state index in [9.17, 15) is 19.5 Å². The van der Waals surface area contributed by atoms with Crippen LogP contribution in [0.5, 0.6) is 0 Å². The highest BCUT2D eigenvalue weighted by Crippen LogP contribution is 2.15. The van der Waals surface area contributed by atoms with Crippen molar-refractivity contribution in [2.24, 2.45) is 0 Å². The van der Waals surface area contributed by atoms with Gasteiger partial charge in [0.05, 0.1) is 10.9 Å². The zero-order chi connectivity index (χ0) is 27.5. The van der Waals surface area contributed by atoms with E-state index in [0.29, 0.717) is 6.42 Å². The highest BCUT2D eigenvalue weighted by Gasteiger charge is 2.22. The van der Waals surface area contributed by atoms with Crippen LogP contribution < -0.4 is 16.2 Å². The number of halogens is 1. The fourth-order valence-electron chi connectivity index (χ4n) is 3.73. The molecule has 36 heavy (non-hydrogen) atoms. The van der Waals surface area contributed by atoms with Crippen LogP contribution in [0.4, 0.5) is 0 Å². The number of rotatable bonds is 24. The number of hydrogen-bond donors (Lipinski definition) is 3. The first-order valence-electron chi connectivity index (χ1n) is 14.3. The summed E-state index contributed by atoms with van der Waals surface area (Å²) >= 11 is 3.34. The molecular formula is C28H55BrN2O5. The summed E-state index contributed by atoms with van der Waals surface area (Å²) in [7, 11) is 0. The summed E-state index contributed by atoms with van der Waals surface area (Å²) in [6.45, 7) is 5.50. The van der Waals surface area contributed by atoms with Crippen molar-refractivity contribution >= 4 is 33.8 Å². The lowest BCUT2D eigenvalue weighted by Crippen LogP contribution is -2.50. The fourth-order valence-corrected chi connectivity index (χ4v) is 3.87. The third-order valence-electron chi connectivity index (χ3n) is 6.02. The molecular weight excluding hydrogens is 524 g/mol. The lowest BCUT2D eigenvalue weighted by atomic mass is 10.1. The lowest BCUT2D eigenvalue weighted by molar-refractivity contribution is -0.368. The topological polar surface area (TPSA) is 134 Å². The van der Waals surface area contributed by atoms with Gasteiger partial charge in [-0.05, 0) is 52.4 Å². The van der Waals surface area contributed by atoms with E-state index in [4.69, 9.17) is 5.11 Å². The Morgan fingerprint density at radius 1 is 0.694 bits per heavy atom. The number of aliphatic carboxylic acids is 2. The van der Waals surface area contributed by atoms with Crippen molar-refractivity contribution in [1.29, 1.82) is 0 Å². The number of unbranched alkanes of at least 4 members (excludes halogenated alkanes) is 16. The predicted octanol–water partition coefficient (Wildman–Crippen LogP) is 5.14. The molecule has 0 aliphatic rings. The number of carbonyl (C=O) groups is 3. The number of carbonyl (C=O) groups excluding carboxylic acids is 2. The van der Waals surface area contributed by atoms with Crippen molar-refractivity contribution in [3.8, 4) is 0 Å². The minimum absolute atomic E-state index is 0.0452. The minimum atomic E-state index is -0.914. The summed E-state index contributed by atoms with van der Waals surface area (Å²) in [5.41, 5.74) is 3.81. The van der Waals surface area contributed by atoms with Crippen LogP contribution in [-0.2, 0) is 14.4 Å². The molecule has 0 aromatic carbocycles. The van der Waals surface area contributed by atoms with Gasteiger partial charge in [-0.25, -0.2) is 0 Å². The average molecular weight is 580 g/mol. The maximum atomic E-state index is 11.6. The summed E-state index contributed by atoms with van der Waals surface area (Å²) in [5.74, 6) is -1.56. The van der Waals surface area contributed by atoms with E-state index in [1.165, 1.54) is 70.6 Å². The lowest BCUT2D eigenvalue weighted by Gasteiger charge is -2.15. The van der Waals surface area contributed by atoms with Crippen LogP contribution in [0.15, 0.2) is 0 Å². The van der Waals surface area contributed by atoms with E-state index in [2.05, 4.69) is 27.0 Å². The summed E-state index contributed by atoms with van der Waals surface area (Å²) in [5, 5.41) is 21.5. The predicted molar refractivity (Wildman–Crippen MR) is 149 cm³/mol. The van der Waals surface area contributed by atoms with Crippen LogP contribution in [0, 0.1) is 0 Å². The molecule has 0 spiro atoms. The van der Waals surface area contributed by atoms with Gasteiger partial charge in [0.1, 0.15) is 0 Å². The zero-order valence-corrected chi connectivity index (χ0v) is 24.8. The Labute approximate surface area is 228 Å². The summed E-state index contributed by atoms with van der Waals surface area (Å²) < 4.78 is -0.479. The molecule has 0 bridgehead atoms. The Morgan fingerprint density at radius 2 is 1.06 bits per heavy atom. The third kappa shape index (κ3) is 32.8. The van der Waals surface area contributed by atoms with Crippen LogP contribution in [0.1, 0.15) is 142 Å². The van der Waals surface area contributed by atoms with Crippen LogP contribution in [0.2, 0.25) is 0 Å². The second kappa shape index (κ2) is 26.9. The van der Waals surface area contributed by atoms with Gasteiger partial charge in [-0.15, -0.1) is 0 Å². The highest BCUT2D eigenvalue weighted by atomic mass is 79.9. The Balaban J connectivity index is 0. The first-order valence-corrected chi connectivity index (χ1v) is 15.1. The van der Waals surface area contributed by atoms with Crippen molar-refractivity contribution in [3.05, 3.63) is 0 Å². The van der Waals surface area contributed by atoms with Gasteiger partial charge >= 0.3 is 5.97 Å². The summed E-state index contributed by atoms with van der Waals surface area (Å²) in [4.78, 5) is 32.0. The number of quaternary nitrogens is 1. The molecule has 0 aliphatic carbocycles. The molecule has 8 heteroatoms. The van der Waals surface area contributed by atoms with Gasteiger partial charge in [0.15, 0.2) is 0 Å². The molecule has 0 rings (SSSR count). The van der Waals surface area contributed by atoms with E-state index >= 15 is 0 Å². The van der Waals surface area contributed by atoms with Gasteiger partial charge in [0.2, 0.25) is 5.91 Å². The van der Waals surface area contributed by atoms with Gasteiger partial charge in [-0.2, -0.15) is 0 Å². The Kier molecular flexibility index (Phi) is 27.7. The van der Waals surface area contributed by atoms with Crippen molar-refractivity contribution in [1.82, 2.24) is 5.32 Å². The molecule has 0 unspecified atom stereocenters. The molecule has 0 aromatic heterocycles. The van der Waals surface area contributed by atoms with Crippen molar-refractivity contribution in [2.45, 2.75) is 147 Å². The van der Waals surface area contributed by atoms with Gasteiger partial charge in [-0.1, -0.05) is 99.4 Å². The molecule has 0 atom stereocenters. The van der Waals surface area contributed by atoms with E-state index in [1.54, 1.807) is 0 Å². The first kappa shape index (κ1) is 37.0. The van der Waals surface area contributed by atoms with E-state index in [0.717, 1.165) is 58.0 Å². The molecule has 214 valence electrons. The van der Waals surface area contributed by atoms with E-state index < -0.39 is 16.3 Å². The first-order chi connectivity index (χ1) is 17.1. The Morgan fingerprint density at radius 3 is 1.42 bits per heavy atom. The Hall–Kier alpha value is -1.15. The van der Waals surface area contributed by atoms with Crippen LogP contribution in [0.25, 0.3) is 0 Å². The number of carboxylic acid groups (broad SMARTS) is 2. The van der Waals surface area contributed by atoms with Crippen LogP contribution >= 0.6 is 15.9 Å². The van der Waals surface area contributed by atoms with Crippen molar-refractivity contribution < 1.29 is 30.3 Å². The molecule has 0 saturated carbocycles. The zero-order valence-electron chi connectivity index (χ0n) is 23.2. The molecule has 5 N–H and O–H groups in total. The minimum Gasteiger partial charge on any atom is -0.550 e. The van der Waals surface area contributed by atoms with E-state index in [1.807, 2.05) is 13.8 Å². The van der Waals surface area contributed by atoms with Gasteiger partial charge in [0.25, 0.3) is 0 Å². The monoisotopic (exact) mass is 578 g/mol. The third-order valence-corrected chi connectivity index (χ3v) is 6.38. The molecule has 0 aromatic rings. The smallest absolute Gasteiger partial charge is 0.303 e. The average Bonchev–Trinajstić information content (AvgIpc) is 2.80. The molecule has 0 radical (unpaired) electrons. The van der Waals surface area contributed by atoms with E-state index in [-0.39, 0.29) is 12.3 Å². The quantitative estimate of drug-likeness (QED) is 0.108. The molecule has 1 amide bonds. The second-order valence-electron chi connectivity index (χ2n) is 10.2. The maximum absolute atomic E-state index is 11.6. The number of amides is 1. The highest BCUT2D eigenvalue weighted by molar-refractivity contribution is 9.10. The second-order valence-corrected chi connectivity index (χ2v) is 12.2. The molecule has 0 saturated heterocycles. The SMILES string of the molecule is CC(C)(Br)C(=O)NCCCCCCCCCCCC(=O)O.[NH3+]CCCCCCCCCCCC(=O)[O-]. The number of carboxylic acids is 2. The molecule has 0 aliphatic heterocycles. The van der Waals surface area contributed by atoms with Gasteiger partial charge < -0.3 is 26.1 Å². The fraction of sp³-hybridized carbons (Fsp3) is 0.893. The number of hydrogen-bond acceptors (Lipinski definition) is 4. The summed E-state index contributed by atoms with van der Waals surface area (Å²) in [6.07, 6.45) is 21.3. The van der Waals surface area contributed by atoms with Crippen molar-refractivity contribution in [2.75, 3.05) is 13.1 Å².